The van der Waals surface area contributed by atoms with E-state index in [1.807, 2.05) is 55.5 Å². The molecule has 0 bridgehead atoms. The second-order valence-corrected chi connectivity index (χ2v) is 6.43. The van der Waals surface area contributed by atoms with Crippen LogP contribution in [0.25, 0.3) is 0 Å². The zero-order chi connectivity index (χ0) is 15.5. The minimum Gasteiger partial charge on any atom is -0.492 e. The zero-order valence-electron chi connectivity index (χ0n) is 12.4. The number of nitrogens with one attached hydrogen (secondary N) is 1. The van der Waals surface area contributed by atoms with Crippen LogP contribution in [-0.2, 0) is 11.2 Å². The number of rotatable bonds is 3. The highest BCUT2D eigenvalue weighted by atomic mass is 79.9. The summed E-state index contributed by atoms with van der Waals surface area (Å²) in [5.41, 5.74) is 2.18. The van der Waals surface area contributed by atoms with E-state index in [1.54, 1.807) is 0 Å². The Balaban J connectivity index is 1.67. The van der Waals surface area contributed by atoms with Gasteiger partial charge >= 0.3 is 0 Å². The highest BCUT2D eigenvalue weighted by Gasteiger charge is 2.27. The van der Waals surface area contributed by atoms with Gasteiger partial charge in [-0.05, 0) is 36.6 Å². The van der Waals surface area contributed by atoms with Gasteiger partial charge in [-0.2, -0.15) is 0 Å². The molecule has 1 aliphatic rings. The van der Waals surface area contributed by atoms with Crippen molar-refractivity contribution < 1.29 is 9.53 Å². The molecule has 1 aliphatic heterocycles. The van der Waals surface area contributed by atoms with Gasteiger partial charge in [0.15, 0.2) is 0 Å². The molecule has 3 nitrogen and oxygen atoms in total. The molecule has 0 radical (unpaired) electrons. The molecule has 0 saturated carbocycles. The molecule has 0 aromatic heterocycles. The van der Waals surface area contributed by atoms with Crippen molar-refractivity contribution in [3.63, 3.8) is 0 Å². The van der Waals surface area contributed by atoms with Gasteiger partial charge in [0, 0.05) is 4.47 Å². The maximum absolute atomic E-state index is 12.5. The largest absolute Gasteiger partial charge is 0.492 e. The van der Waals surface area contributed by atoms with E-state index in [9.17, 15) is 4.79 Å². The summed E-state index contributed by atoms with van der Waals surface area (Å²) >= 11 is 3.53. The molecule has 1 amide bonds. The summed E-state index contributed by atoms with van der Waals surface area (Å²) in [7, 11) is 0. The SMILES string of the molecule is CC(NC(=O)C1COc2ccccc2C1)c1ccccc1Br. The lowest BCUT2D eigenvalue weighted by Crippen LogP contribution is -2.38. The predicted molar refractivity (Wildman–Crippen MR) is 89.8 cm³/mol. The monoisotopic (exact) mass is 359 g/mol. The summed E-state index contributed by atoms with van der Waals surface area (Å²) < 4.78 is 6.71. The molecule has 3 rings (SSSR count). The molecule has 0 aliphatic carbocycles. The molecule has 22 heavy (non-hydrogen) atoms. The Labute approximate surface area is 138 Å². The van der Waals surface area contributed by atoms with Gasteiger partial charge in [0.25, 0.3) is 0 Å². The van der Waals surface area contributed by atoms with Crippen LogP contribution in [0.5, 0.6) is 5.75 Å². The Morgan fingerprint density at radius 1 is 1.23 bits per heavy atom. The molecule has 2 atom stereocenters. The number of benzene rings is 2. The summed E-state index contributed by atoms with van der Waals surface area (Å²) in [6.07, 6.45) is 0.727. The second-order valence-electron chi connectivity index (χ2n) is 5.57. The van der Waals surface area contributed by atoms with E-state index in [0.717, 1.165) is 27.8 Å². The van der Waals surface area contributed by atoms with Crippen molar-refractivity contribution in [1.29, 1.82) is 0 Å². The zero-order valence-corrected chi connectivity index (χ0v) is 14.0. The van der Waals surface area contributed by atoms with Crippen molar-refractivity contribution in [3.8, 4) is 5.75 Å². The topological polar surface area (TPSA) is 38.3 Å². The van der Waals surface area contributed by atoms with Crippen LogP contribution in [0.3, 0.4) is 0 Å². The van der Waals surface area contributed by atoms with Gasteiger partial charge in [-0.15, -0.1) is 0 Å². The lowest BCUT2D eigenvalue weighted by Gasteiger charge is -2.26. The van der Waals surface area contributed by atoms with Gasteiger partial charge < -0.3 is 10.1 Å². The first-order valence-electron chi connectivity index (χ1n) is 7.40. The first kappa shape index (κ1) is 15.1. The first-order valence-corrected chi connectivity index (χ1v) is 8.20. The van der Waals surface area contributed by atoms with Gasteiger partial charge in [-0.3, -0.25) is 4.79 Å². The number of ether oxygens (including phenoxy) is 1. The van der Waals surface area contributed by atoms with Crippen LogP contribution in [0.4, 0.5) is 0 Å². The lowest BCUT2D eigenvalue weighted by molar-refractivity contribution is -0.126. The van der Waals surface area contributed by atoms with Crippen LogP contribution in [0.2, 0.25) is 0 Å². The summed E-state index contributed by atoms with van der Waals surface area (Å²) in [5, 5.41) is 3.09. The highest BCUT2D eigenvalue weighted by molar-refractivity contribution is 9.10. The first-order chi connectivity index (χ1) is 10.6. The molecule has 2 aromatic carbocycles. The molecule has 4 heteroatoms. The summed E-state index contributed by atoms with van der Waals surface area (Å²) in [6, 6.07) is 15.8. The maximum atomic E-state index is 12.5. The number of carbonyl (C=O) groups is 1. The Morgan fingerprint density at radius 2 is 1.95 bits per heavy atom. The number of carbonyl (C=O) groups excluding carboxylic acids is 1. The third kappa shape index (κ3) is 3.17. The van der Waals surface area contributed by atoms with Gasteiger partial charge in [0.05, 0.1) is 12.0 Å². The predicted octanol–water partition coefficient (Wildman–Crippen LogP) is 3.88. The smallest absolute Gasteiger partial charge is 0.227 e. The number of para-hydroxylation sites is 1. The number of fused-ring (bicyclic) bond motifs is 1. The molecule has 2 aromatic rings. The van der Waals surface area contributed by atoms with Crippen LogP contribution in [-0.4, -0.2) is 12.5 Å². The maximum Gasteiger partial charge on any atom is 0.227 e. The molecule has 0 spiro atoms. The average Bonchev–Trinajstić information content (AvgIpc) is 2.54. The highest BCUT2D eigenvalue weighted by Crippen LogP contribution is 2.28. The Hall–Kier alpha value is -1.81. The van der Waals surface area contributed by atoms with E-state index in [-0.39, 0.29) is 17.9 Å². The van der Waals surface area contributed by atoms with Gasteiger partial charge in [0.2, 0.25) is 5.91 Å². The minimum absolute atomic E-state index is 0.0396. The number of hydrogen-bond donors (Lipinski definition) is 1. The quantitative estimate of drug-likeness (QED) is 0.902. The Morgan fingerprint density at radius 3 is 2.77 bits per heavy atom. The van der Waals surface area contributed by atoms with Crippen molar-refractivity contribution in [2.45, 2.75) is 19.4 Å². The van der Waals surface area contributed by atoms with Crippen molar-refractivity contribution in [1.82, 2.24) is 5.32 Å². The van der Waals surface area contributed by atoms with Crippen molar-refractivity contribution in [2.75, 3.05) is 6.61 Å². The van der Waals surface area contributed by atoms with Crippen molar-refractivity contribution >= 4 is 21.8 Å². The van der Waals surface area contributed by atoms with Crippen LogP contribution >= 0.6 is 15.9 Å². The van der Waals surface area contributed by atoms with Gasteiger partial charge in [-0.25, -0.2) is 0 Å². The van der Waals surface area contributed by atoms with E-state index in [0.29, 0.717) is 6.61 Å². The molecular formula is C18H18BrNO2. The molecule has 114 valence electrons. The molecule has 0 saturated heterocycles. The molecule has 1 heterocycles. The van der Waals surface area contributed by atoms with Crippen LogP contribution in [0.15, 0.2) is 53.0 Å². The van der Waals surface area contributed by atoms with E-state index in [4.69, 9.17) is 4.74 Å². The van der Waals surface area contributed by atoms with Gasteiger partial charge in [0.1, 0.15) is 12.4 Å². The van der Waals surface area contributed by atoms with Crippen molar-refractivity contribution in [3.05, 3.63) is 64.1 Å². The molecule has 2 unspecified atom stereocenters. The Kier molecular flexibility index (Phi) is 4.48. The lowest BCUT2D eigenvalue weighted by atomic mass is 9.95. The van der Waals surface area contributed by atoms with E-state index in [1.165, 1.54) is 0 Å². The Bertz CT molecular complexity index is 686. The third-order valence-corrected chi connectivity index (χ3v) is 4.70. The normalized spacial score (nSPS) is 18.0. The van der Waals surface area contributed by atoms with E-state index >= 15 is 0 Å². The fourth-order valence-electron chi connectivity index (χ4n) is 2.73. The fourth-order valence-corrected chi connectivity index (χ4v) is 3.36. The minimum atomic E-state index is -0.139. The standard InChI is InChI=1S/C18H18BrNO2/c1-12(15-7-3-4-8-16(15)19)20-18(21)14-10-13-6-2-5-9-17(13)22-11-14/h2-9,12,14H,10-11H2,1H3,(H,20,21). The van der Waals surface area contributed by atoms with Gasteiger partial charge in [-0.1, -0.05) is 52.3 Å². The third-order valence-electron chi connectivity index (χ3n) is 3.98. The number of amides is 1. The van der Waals surface area contributed by atoms with Crippen LogP contribution in [0, 0.1) is 5.92 Å². The summed E-state index contributed by atoms with van der Waals surface area (Å²) in [6.45, 7) is 2.43. The van der Waals surface area contributed by atoms with Crippen LogP contribution < -0.4 is 10.1 Å². The molecule has 1 N–H and O–H groups in total. The number of halogens is 1. The fraction of sp³-hybridized carbons (Fsp3) is 0.278. The van der Waals surface area contributed by atoms with Crippen molar-refractivity contribution in [2.24, 2.45) is 5.92 Å². The molecular weight excluding hydrogens is 342 g/mol. The van der Waals surface area contributed by atoms with Crippen LogP contribution in [0.1, 0.15) is 24.1 Å². The van der Waals surface area contributed by atoms with E-state index < -0.39 is 0 Å². The summed E-state index contributed by atoms with van der Waals surface area (Å²) in [4.78, 5) is 12.5. The molecule has 0 fully saturated rings. The number of hydrogen-bond acceptors (Lipinski definition) is 2. The van der Waals surface area contributed by atoms with E-state index in [2.05, 4.69) is 21.2 Å². The summed E-state index contributed by atoms with van der Waals surface area (Å²) in [5.74, 6) is 0.794. The average molecular weight is 360 g/mol. The second kappa shape index (κ2) is 6.53.